The average molecular weight is 290 g/mol. The van der Waals surface area contributed by atoms with Crippen molar-refractivity contribution in [2.24, 2.45) is 5.92 Å². The number of hydrogen-bond acceptors (Lipinski definition) is 3. The smallest absolute Gasteiger partial charge is 0.223 e. The molecule has 1 aliphatic rings. The fraction of sp³-hybridized carbons (Fsp3) is 0.500. The van der Waals surface area contributed by atoms with Crippen LogP contribution in [0.25, 0.3) is 0 Å². The summed E-state index contributed by atoms with van der Waals surface area (Å²) in [5, 5.41) is 12.4. The Bertz CT molecular complexity index is 482. The molecule has 0 radical (unpaired) electrons. The number of carbonyl (C=O) groups is 2. The molecule has 2 rings (SSSR count). The van der Waals surface area contributed by atoms with E-state index in [1.165, 1.54) is 0 Å². The highest BCUT2D eigenvalue weighted by molar-refractivity contribution is 5.80. The van der Waals surface area contributed by atoms with Crippen molar-refractivity contribution in [2.45, 2.75) is 25.8 Å². The van der Waals surface area contributed by atoms with Gasteiger partial charge < -0.3 is 15.3 Å². The monoisotopic (exact) mass is 290 g/mol. The summed E-state index contributed by atoms with van der Waals surface area (Å²) in [6.07, 6.45) is 1.36. The van der Waals surface area contributed by atoms with Crippen LogP contribution in [0.4, 0.5) is 0 Å². The summed E-state index contributed by atoms with van der Waals surface area (Å²) >= 11 is 0. The first kappa shape index (κ1) is 15.5. The van der Waals surface area contributed by atoms with E-state index in [1.807, 2.05) is 30.3 Å². The van der Waals surface area contributed by atoms with Gasteiger partial charge in [-0.2, -0.15) is 0 Å². The largest absolute Gasteiger partial charge is 0.394 e. The van der Waals surface area contributed by atoms with E-state index >= 15 is 0 Å². The molecule has 21 heavy (non-hydrogen) atoms. The van der Waals surface area contributed by atoms with Crippen molar-refractivity contribution in [3.63, 3.8) is 0 Å². The van der Waals surface area contributed by atoms with Crippen molar-refractivity contribution in [1.29, 1.82) is 0 Å². The van der Waals surface area contributed by atoms with E-state index in [0.717, 1.165) is 5.56 Å². The van der Waals surface area contributed by atoms with Crippen LogP contribution in [0.15, 0.2) is 30.3 Å². The van der Waals surface area contributed by atoms with Crippen molar-refractivity contribution < 1.29 is 14.7 Å². The first-order valence-corrected chi connectivity index (χ1v) is 7.33. The van der Waals surface area contributed by atoms with Crippen molar-refractivity contribution in [1.82, 2.24) is 10.2 Å². The summed E-state index contributed by atoms with van der Waals surface area (Å²) in [6, 6.07) is 9.07. The molecule has 0 saturated carbocycles. The first-order valence-electron chi connectivity index (χ1n) is 7.33. The van der Waals surface area contributed by atoms with Gasteiger partial charge in [-0.3, -0.25) is 9.59 Å². The van der Waals surface area contributed by atoms with Gasteiger partial charge in [-0.25, -0.2) is 0 Å². The third-order valence-corrected chi connectivity index (χ3v) is 4.01. The van der Waals surface area contributed by atoms with Crippen LogP contribution in [-0.4, -0.2) is 41.5 Å². The number of nitrogens with one attached hydrogen (secondary N) is 1. The maximum atomic E-state index is 12.3. The second-order valence-electron chi connectivity index (χ2n) is 5.43. The minimum absolute atomic E-state index is 0.0406. The third kappa shape index (κ3) is 4.04. The molecule has 1 aliphatic heterocycles. The van der Waals surface area contributed by atoms with Crippen molar-refractivity contribution >= 4 is 11.8 Å². The van der Waals surface area contributed by atoms with Gasteiger partial charge in [0.05, 0.1) is 12.6 Å². The molecule has 1 heterocycles. The van der Waals surface area contributed by atoms with Crippen molar-refractivity contribution in [3.8, 4) is 0 Å². The Kier molecular flexibility index (Phi) is 5.33. The van der Waals surface area contributed by atoms with Gasteiger partial charge in [-0.1, -0.05) is 30.3 Å². The Morgan fingerprint density at radius 1 is 1.29 bits per heavy atom. The lowest BCUT2D eigenvalue weighted by Gasteiger charge is -2.31. The number of carbonyl (C=O) groups excluding carboxylic acids is 2. The number of nitrogens with zero attached hydrogens (tertiary/aromatic N) is 1. The molecule has 114 valence electrons. The molecule has 5 heteroatoms. The molecule has 0 bridgehead atoms. The van der Waals surface area contributed by atoms with E-state index in [4.69, 9.17) is 0 Å². The molecule has 1 atom stereocenters. The van der Waals surface area contributed by atoms with Crippen LogP contribution in [0.5, 0.6) is 0 Å². The summed E-state index contributed by atoms with van der Waals surface area (Å²) in [4.78, 5) is 25.3. The fourth-order valence-corrected chi connectivity index (χ4v) is 2.67. The van der Waals surface area contributed by atoms with Gasteiger partial charge >= 0.3 is 0 Å². The zero-order chi connectivity index (χ0) is 15.2. The van der Waals surface area contributed by atoms with E-state index in [0.29, 0.717) is 25.9 Å². The number of hydrogen-bond donors (Lipinski definition) is 2. The Hall–Kier alpha value is -1.88. The van der Waals surface area contributed by atoms with E-state index in [1.54, 1.807) is 11.8 Å². The van der Waals surface area contributed by atoms with Crippen LogP contribution in [0.3, 0.4) is 0 Å². The highest BCUT2D eigenvalue weighted by atomic mass is 16.3. The number of aliphatic hydroxyl groups is 1. The highest BCUT2D eigenvalue weighted by Crippen LogP contribution is 2.19. The maximum absolute atomic E-state index is 12.3. The summed E-state index contributed by atoms with van der Waals surface area (Å²) in [6.45, 7) is 2.69. The second kappa shape index (κ2) is 7.22. The third-order valence-electron chi connectivity index (χ3n) is 4.01. The molecular formula is C16H22N2O3. The molecule has 0 aromatic heterocycles. The van der Waals surface area contributed by atoms with Crippen LogP contribution < -0.4 is 5.32 Å². The van der Waals surface area contributed by atoms with E-state index < -0.39 is 0 Å². The molecule has 1 saturated heterocycles. The standard InChI is InChI=1S/C16H22N2O3/c1-12(20)18-9-7-14(8-10-18)16(21)17-15(11-19)13-5-3-2-4-6-13/h2-6,14-15,19H,7-11H2,1H3,(H,17,21)/t15-/m1/s1. The lowest BCUT2D eigenvalue weighted by Crippen LogP contribution is -2.43. The highest BCUT2D eigenvalue weighted by Gasteiger charge is 2.27. The Morgan fingerprint density at radius 3 is 2.43 bits per heavy atom. The molecule has 1 aromatic rings. The minimum Gasteiger partial charge on any atom is -0.394 e. The number of likely N-dealkylation sites (tertiary alicyclic amines) is 1. The summed E-state index contributed by atoms with van der Waals surface area (Å²) in [7, 11) is 0. The maximum Gasteiger partial charge on any atom is 0.223 e. The van der Waals surface area contributed by atoms with Gasteiger partial charge in [0.2, 0.25) is 11.8 Å². The zero-order valence-corrected chi connectivity index (χ0v) is 12.3. The summed E-state index contributed by atoms with van der Waals surface area (Å²) in [5.74, 6) is -0.0640. The molecule has 2 N–H and O–H groups in total. The second-order valence-corrected chi connectivity index (χ2v) is 5.43. The lowest BCUT2D eigenvalue weighted by molar-refractivity contribution is -0.134. The average Bonchev–Trinajstić information content (AvgIpc) is 2.53. The lowest BCUT2D eigenvalue weighted by atomic mass is 9.95. The van der Waals surface area contributed by atoms with Gasteiger partial charge in [0.25, 0.3) is 0 Å². The Labute approximate surface area is 125 Å². The van der Waals surface area contributed by atoms with Crippen LogP contribution in [-0.2, 0) is 9.59 Å². The summed E-state index contributed by atoms with van der Waals surface area (Å²) in [5.41, 5.74) is 0.898. The molecule has 5 nitrogen and oxygen atoms in total. The topological polar surface area (TPSA) is 69.6 Å². The van der Waals surface area contributed by atoms with Crippen LogP contribution in [0, 0.1) is 5.92 Å². The van der Waals surface area contributed by atoms with E-state index in [9.17, 15) is 14.7 Å². The molecule has 0 unspecified atom stereocenters. The number of piperidine rings is 1. The van der Waals surface area contributed by atoms with Gasteiger partial charge in [0.15, 0.2) is 0 Å². The number of rotatable bonds is 4. The minimum atomic E-state index is -0.371. The van der Waals surface area contributed by atoms with Gasteiger partial charge in [-0.05, 0) is 18.4 Å². The Balaban J connectivity index is 1.91. The molecule has 2 amide bonds. The van der Waals surface area contributed by atoms with Gasteiger partial charge in [0, 0.05) is 25.9 Å². The quantitative estimate of drug-likeness (QED) is 0.872. The van der Waals surface area contributed by atoms with Gasteiger partial charge in [-0.15, -0.1) is 0 Å². The van der Waals surface area contributed by atoms with E-state index in [-0.39, 0.29) is 30.4 Å². The molecule has 1 aromatic carbocycles. The van der Waals surface area contributed by atoms with Crippen LogP contribution >= 0.6 is 0 Å². The van der Waals surface area contributed by atoms with Crippen LogP contribution in [0.2, 0.25) is 0 Å². The fourth-order valence-electron chi connectivity index (χ4n) is 2.67. The predicted octanol–water partition coefficient (Wildman–Crippen LogP) is 1.09. The molecular weight excluding hydrogens is 268 g/mol. The normalized spacial score (nSPS) is 17.3. The molecule has 0 aliphatic carbocycles. The number of amides is 2. The van der Waals surface area contributed by atoms with Crippen molar-refractivity contribution in [2.75, 3.05) is 19.7 Å². The molecule has 0 spiro atoms. The first-order chi connectivity index (χ1) is 10.1. The number of aliphatic hydroxyl groups excluding tert-OH is 1. The van der Waals surface area contributed by atoms with Crippen LogP contribution in [0.1, 0.15) is 31.4 Å². The van der Waals surface area contributed by atoms with E-state index in [2.05, 4.69) is 5.32 Å². The predicted molar refractivity (Wildman–Crippen MR) is 79.4 cm³/mol. The van der Waals surface area contributed by atoms with Gasteiger partial charge in [0.1, 0.15) is 0 Å². The van der Waals surface area contributed by atoms with Crippen molar-refractivity contribution in [3.05, 3.63) is 35.9 Å². The molecule has 1 fully saturated rings. The number of benzene rings is 1. The Morgan fingerprint density at radius 2 is 1.90 bits per heavy atom. The zero-order valence-electron chi connectivity index (χ0n) is 12.3. The SMILES string of the molecule is CC(=O)N1CCC(C(=O)N[C@H](CO)c2ccccc2)CC1. The summed E-state index contributed by atoms with van der Waals surface area (Å²) < 4.78 is 0.